The molecule has 0 aliphatic carbocycles. The maximum atomic E-state index is 5.50. The summed E-state index contributed by atoms with van der Waals surface area (Å²) in [4.78, 5) is 1.31. The second kappa shape index (κ2) is 5.63. The predicted molar refractivity (Wildman–Crippen MR) is 78.7 cm³/mol. The second-order valence-corrected chi connectivity index (χ2v) is 6.32. The Morgan fingerprint density at radius 2 is 2.21 bits per heavy atom. The number of hydrogen-bond donors (Lipinski definition) is 1. The van der Waals surface area contributed by atoms with Gasteiger partial charge in [-0.2, -0.15) is 0 Å². The summed E-state index contributed by atoms with van der Waals surface area (Å²) in [6.07, 6.45) is 3.87. The molecule has 0 radical (unpaired) electrons. The van der Waals surface area contributed by atoms with Gasteiger partial charge in [-0.15, -0.1) is 11.8 Å². The van der Waals surface area contributed by atoms with Crippen molar-refractivity contribution in [2.75, 3.05) is 26.5 Å². The summed E-state index contributed by atoms with van der Waals surface area (Å²) in [6.45, 7) is 1.18. The van der Waals surface area contributed by atoms with E-state index >= 15 is 0 Å². The average molecular weight is 279 g/mol. The monoisotopic (exact) mass is 279 g/mol. The molecule has 0 saturated carbocycles. The molecule has 3 nitrogen and oxygen atoms in total. The number of fused-ring (bicyclic) bond motifs is 1. The van der Waals surface area contributed by atoms with Gasteiger partial charge in [0.15, 0.2) is 0 Å². The first-order valence-electron chi connectivity index (χ1n) is 6.94. The molecule has 4 heteroatoms. The highest BCUT2D eigenvalue weighted by Crippen LogP contribution is 2.48. The Bertz CT molecular complexity index is 458. The minimum atomic E-state index is 0.625. The van der Waals surface area contributed by atoms with E-state index in [0.717, 1.165) is 17.3 Å². The quantitative estimate of drug-likeness (QED) is 0.917. The van der Waals surface area contributed by atoms with Crippen LogP contribution in [-0.2, 0) is 0 Å². The minimum absolute atomic E-state index is 0.625. The van der Waals surface area contributed by atoms with E-state index in [4.69, 9.17) is 9.47 Å². The number of thioether (sulfide) groups is 1. The molecule has 0 spiro atoms. The van der Waals surface area contributed by atoms with Crippen molar-refractivity contribution in [3.63, 3.8) is 0 Å². The van der Waals surface area contributed by atoms with Gasteiger partial charge >= 0.3 is 0 Å². The van der Waals surface area contributed by atoms with Gasteiger partial charge in [-0.3, -0.25) is 0 Å². The second-order valence-electron chi connectivity index (χ2n) is 5.28. The zero-order valence-corrected chi connectivity index (χ0v) is 12.4. The van der Waals surface area contributed by atoms with Gasteiger partial charge in [-0.05, 0) is 43.4 Å². The highest BCUT2D eigenvalue weighted by molar-refractivity contribution is 7.99. The minimum Gasteiger partial charge on any atom is -0.497 e. The molecule has 1 aromatic rings. The van der Waals surface area contributed by atoms with Crippen molar-refractivity contribution in [1.29, 1.82) is 0 Å². The van der Waals surface area contributed by atoms with Gasteiger partial charge in [0, 0.05) is 17.9 Å². The van der Waals surface area contributed by atoms with Gasteiger partial charge in [-0.1, -0.05) is 0 Å². The van der Waals surface area contributed by atoms with Crippen molar-refractivity contribution >= 4 is 11.8 Å². The molecule has 0 bridgehead atoms. The molecular weight excluding hydrogens is 258 g/mol. The van der Waals surface area contributed by atoms with Crippen LogP contribution in [0.4, 0.5) is 0 Å². The van der Waals surface area contributed by atoms with Crippen molar-refractivity contribution < 1.29 is 9.47 Å². The highest BCUT2D eigenvalue weighted by Gasteiger charge is 2.30. The number of benzene rings is 1. The lowest BCUT2D eigenvalue weighted by Gasteiger charge is -2.17. The van der Waals surface area contributed by atoms with Gasteiger partial charge in [-0.25, -0.2) is 0 Å². The Labute approximate surface area is 119 Å². The van der Waals surface area contributed by atoms with Crippen LogP contribution in [0.15, 0.2) is 17.0 Å². The van der Waals surface area contributed by atoms with Crippen LogP contribution >= 0.6 is 11.8 Å². The van der Waals surface area contributed by atoms with E-state index in [0.29, 0.717) is 12.0 Å². The fourth-order valence-corrected chi connectivity index (χ4v) is 4.45. The summed E-state index contributed by atoms with van der Waals surface area (Å²) < 4.78 is 10.9. The van der Waals surface area contributed by atoms with Crippen molar-refractivity contribution in [1.82, 2.24) is 5.32 Å². The predicted octanol–water partition coefficient (Wildman–Crippen LogP) is 3.04. The third-order valence-corrected chi connectivity index (χ3v) is 5.41. The molecule has 1 aromatic carbocycles. The lowest BCUT2D eigenvalue weighted by molar-refractivity contribution is 0.385. The molecule has 1 fully saturated rings. The molecule has 0 aromatic heterocycles. The molecule has 3 rings (SSSR count). The summed E-state index contributed by atoms with van der Waals surface area (Å²) in [7, 11) is 3.46. The molecule has 1 unspecified atom stereocenters. The Kier molecular flexibility index (Phi) is 3.89. The van der Waals surface area contributed by atoms with E-state index in [-0.39, 0.29) is 0 Å². The SMILES string of the molecule is COc1cc(OC)c2c(c1)C(C[C@H]1CCCN1)CS2. The molecule has 2 heterocycles. The smallest absolute Gasteiger partial charge is 0.136 e. The van der Waals surface area contributed by atoms with E-state index in [1.165, 1.54) is 36.3 Å². The van der Waals surface area contributed by atoms with E-state index in [1.807, 2.05) is 17.8 Å². The average Bonchev–Trinajstić information content (AvgIpc) is 3.08. The van der Waals surface area contributed by atoms with Gasteiger partial charge in [0.1, 0.15) is 11.5 Å². The first-order valence-corrected chi connectivity index (χ1v) is 7.92. The van der Waals surface area contributed by atoms with Crippen LogP contribution in [0.25, 0.3) is 0 Å². The van der Waals surface area contributed by atoms with Crippen LogP contribution < -0.4 is 14.8 Å². The van der Waals surface area contributed by atoms with Gasteiger partial charge in [0.05, 0.1) is 19.1 Å². The molecule has 2 atom stereocenters. The Morgan fingerprint density at radius 3 is 2.89 bits per heavy atom. The van der Waals surface area contributed by atoms with E-state index in [1.54, 1.807) is 14.2 Å². The Morgan fingerprint density at radius 1 is 1.32 bits per heavy atom. The lowest BCUT2D eigenvalue weighted by atomic mass is 9.93. The lowest BCUT2D eigenvalue weighted by Crippen LogP contribution is -2.23. The highest BCUT2D eigenvalue weighted by atomic mass is 32.2. The maximum Gasteiger partial charge on any atom is 0.136 e. The maximum absolute atomic E-state index is 5.50. The molecule has 0 amide bonds. The molecule has 1 saturated heterocycles. The Balaban J connectivity index is 1.85. The standard InChI is InChI=1S/C15H21NO2S/c1-17-12-7-13-10(6-11-4-3-5-16-11)9-19-15(13)14(8-12)18-2/h7-8,10-11,16H,3-6,9H2,1-2H3/t10?,11-/m1/s1. The third kappa shape index (κ3) is 2.56. The van der Waals surface area contributed by atoms with Crippen LogP contribution in [0.2, 0.25) is 0 Å². The zero-order chi connectivity index (χ0) is 13.2. The Hall–Kier alpha value is -0.870. The summed E-state index contributed by atoms with van der Waals surface area (Å²) in [5.74, 6) is 3.65. The summed E-state index contributed by atoms with van der Waals surface area (Å²) >= 11 is 1.92. The molecular formula is C15H21NO2S. The molecule has 2 aliphatic rings. The van der Waals surface area contributed by atoms with Crippen molar-refractivity contribution in [3.05, 3.63) is 17.7 Å². The molecule has 19 heavy (non-hydrogen) atoms. The molecule has 104 valence electrons. The van der Waals surface area contributed by atoms with Crippen LogP contribution in [0, 0.1) is 0 Å². The zero-order valence-electron chi connectivity index (χ0n) is 11.6. The summed E-state index contributed by atoms with van der Waals surface area (Å²) in [5, 5.41) is 3.60. The van der Waals surface area contributed by atoms with Crippen LogP contribution in [0.1, 0.15) is 30.7 Å². The van der Waals surface area contributed by atoms with Gasteiger partial charge in [0.2, 0.25) is 0 Å². The van der Waals surface area contributed by atoms with Crippen LogP contribution in [0.5, 0.6) is 11.5 Å². The number of methoxy groups -OCH3 is 2. The van der Waals surface area contributed by atoms with E-state index < -0.39 is 0 Å². The third-order valence-electron chi connectivity index (χ3n) is 4.11. The van der Waals surface area contributed by atoms with E-state index in [2.05, 4.69) is 11.4 Å². The first-order chi connectivity index (χ1) is 9.31. The van der Waals surface area contributed by atoms with Crippen LogP contribution in [-0.4, -0.2) is 32.6 Å². The van der Waals surface area contributed by atoms with E-state index in [9.17, 15) is 0 Å². The number of rotatable bonds is 4. The largest absolute Gasteiger partial charge is 0.497 e. The molecule has 1 N–H and O–H groups in total. The van der Waals surface area contributed by atoms with Crippen molar-refractivity contribution in [2.45, 2.75) is 36.1 Å². The topological polar surface area (TPSA) is 30.5 Å². The normalized spacial score (nSPS) is 25.4. The first kappa shape index (κ1) is 13.1. The fourth-order valence-electron chi connectivity index (χ4n) is 3.09. The van der Waals surface area contributed by atoms with Crippen molar-refractivity contribution in [3.8, 4) is 11.5 Å². The van der Waals surface area contributed by atoms with Gasteiger partial charge in [0.25, 0.3) is 0 Å². The fraction of sp³-hybridized carbons (Fsp3) is 0.600. The number of ether oxygens (including phenoxy) is 2. The van der Waals surface area contributed by atoms with Gasteiger partial charge < -0.3 is 14.8 Å². The number of nitrogens with one attached hydrogen (secondary N) is 1. The summed E-state index contributed by atoms with van der Waals surface area (Å²) in [6, 6.07) is 4.87. The summed E-state index contributed by atoms with van der Waals surface area (Å²) in [5.41, 5.74) is 1.41. The molecule has 2 aliphatic heterocycles. The van der Waals surface area contributed by atoms with Crippen molar-refractivity contribution in [2.24, 2.45) is 0 Å². The number of hydrogen-bond acceptors (Lipinski definition) is 4. The van der Waals surface area contributed by atoms with Crippen LogP contribution in [0.3, 0.4) is 0 Å².